The van der Waals surface area contributed by atoms with Gasteiger partial charge >= 0.3 is 0 Å². The van der Waals surface area contributed by atoms with Crippen molar-refractivity contribution in [3.8, 4) is 0 Å². The van der Waals surface area contributed by atoms with Gasteiger partial charge in [-0.15, -0.1) is 0 Å². The van der Waals surface area contributed by atoms with Gasteiger partial charge in [0.15, 0.2) is 0 Å². The van der Waals surface area contributed by atoms with Crippen LogP contribution in [0.25, 0.3) is 0 Å². The molecule has 0 heterocycles. The summed E-state index contributed by atoms with van der Waals surface area (Å²) >= 11 is 0. The first kappa shape index (κ1) is 11.1. The largest absolute Gasteiger partial charge is 0.315 e. The first-order valence-corrected chi connectivity index (χ1v) is 8.36. The normalized spacial score (nSPS) is 14.0. The van der Waals surface area contributed by atoms with E-state index in [-0.39, 0.29) is 0 Å². The second-order valence-electron chi connectivity index (χ2n) is 3.55. The van der Waals surface area contributed by atoms with Gasteiger partial charge < -0.3 is 3.87 Å². The van der Waals surface area contributed by atoms with Crippen molar-refractivity contribution >= 4 is 18.4 Å². The standard InChI is InChI=1S/C6H16O3SSi/c1-6(2)11(4,5)9-10(3,7)8/h6H,1-5H3. The van der Waals surface area contributed by atoms with E-state index >= 15 is 0 Å². The molecule has 0 radical (unpaired) electrons. The Morgan fingerprint density at radius 2 is 1.64 bits per heavy atom. The third-order valence-corrected chi connectivity index (χ3v) is 7.47. The minimum Gasteiger partial charge on any atom is -0.315 e. The van der Waals surface area contributed by atoms with E-state index in [4.69, 9.17) is 3.87 Å². The van der Waals surface area contributed by atoms with Gasteiger partial charge in [-0.1, -0.05) is 13.8 Å². The highest BCUT2D eigenvalue weighted by atomic mass is 32.2. The van der Waals surface area contributed by atoms with Gasteiger partial charge in [-0.05, 0) is 18.6 Å². The third kappa shape index (κ3) is 4.55. The number of hydrogen-bond acceptors (Lipinski definition) is 3. The Balaban J connectivity index is 4.38. The quantitative estimate of drug-likeness (QED) is 0.644. The second kappa shape index (κ2) is 3.24. The monoisotopic (exact) mass is 196 g/mol. The summed E-state index contributed by atoms with van der Waals surface area (Å²) < 4.78 is 26.5. The molecule has 0 amide bonds. The SMILES string of the molecule is CC(C)[Si](C)(C)OS(C)(=O)=O. The average Bonchev–Trinajstić information content (AvgIpc) is 1.56. The second-order valence-corrected chi connectivity index (χ2v) is 9.98. The van der Waals surface area contributed by atoms with Crippen LogP contribution in [0, 0.1) is 0 Å². The zero-order valence-corrected chi connectivity index (χ0v) is 9.53. The lowest BCUT2D eigenvalue weighted by atomic mass is 10.6. The lowest BCUT2D eigenvalue weighted by molar-refractivity contribution is 0.482. The van der Waals surface area contributed by atoms with Crippen molar-refractivity contribution in [3.05, 3.63) is 0 Å². The summed E-state index contributed by atoms with van der Waals surface area (Å²) in [6.45, 7) is 7.77. The molecule has 0 N–H and O–H groups in total. The predicted octanol–water partition coefficient (Wildman–Crippen LogP) is 1.58. The third-order valence-electron chi connectivity index (χ3n) is 1.76. The molecular formula is C6H16O3SSi. The molecule has 0 aliphatic rings. The van der Waals surface area contributed by atoms with Crippen LogP contribution in [-0.2, 0) is 14.0 Å². The van der Waals surface area contributed by atoms with Crippen molar-refractivity contribution in [1.82, 2.24) is 0 Å². The molecule has 68 valence electrons. The fourth-order valence-electron chi connectivity index (χ4n) is 0.486. The molecule has 3 nitrogen and oxygen atoms in total. The molecular weight excluding hydrogens is 180 g/mol. The number of hydrogen-bond donors (Lipinski definition) is 0. The van der Waals surface area contributed by atoms with Gasteiger partial charge in [0.1, 0.15) is 0 Å². The lowest BCUT2D eigenvalue weighted by Crippen LogP contribution is -2.36. The molecule has 0 bridgehead atoms. The Morgan fingerprint density at radius 1 is 1.27 bits per heavy atom. The molecule has 0 aromatic carbocycles. The summed E-state index contributed by atoms with van der Waals surface area (Å²) in [7, 11) is -5.27. The summed E-state index contributed by atoms with van der Waals surface area (Å²) in [5.74, 6) is 0. The fourth-order valence-corrected chi connectivity index (χ4v) is 4.38. The van der Waals surface area contributed by atoms with Crippen LogP contribution in [0.15, 0.2) is 0 Å². The Labute approximate surface area is 70.0 Å². The highest BCUT2D eigenvalue weighted by Crippen LogP contribution is 2.22. The van der Waals surface area contributed by atoms with Crippen molar-refractivity contribution in [2.24, 2.45) is 0 Å². The molecule has 0 spiro atoms. The topological polar surface area (TPSA) is 43.4 Å². The molecule has 0 atom stereocenters. The first-order valence-electron chi connectivity index (χ1n) is 3.56. The van der Waals surface area contributed by atoms with Gasteiger partial charge in [0, 0.05) is 0 Å². The Morgan fingerprint density at radius 3 is 1.73 bits per heavy atom. The van der Waals surface area contributed by atoms with Crippen LogP contribution in [0.4, 0.5) is 0 Å². The highest BCUT2D eigenvalue weighted by molar-refractivity contribution is 7.87. The van der Waals surface area contributed by atoms with Gasteiger partial charge in [-0.2, -0.15) is 0 Å². The summed E-state index contributed by atoms with van der Waals surface area (Å²) in [5, 5.41) is 0. The molecule has 0 aliphatic carbocycles. The van der Waals surface area contributed by atoms with Crippen LogP contribution >= 0.6 is 0 Å². The molecule has 0 aromatic rings. The van der Waals surface area contributed by atoms with Crippen molar-refractivity contribution in [2.45, 2.75) is 32.5 Å². The van der Waals surface area contributed by atoms with Crippen LogP contribution in [0.3, 0.4) is 0 Å². The van der Waals surface area contributed by atoms with Crippen molar-refractivity contribution < 1.29 is 12.3 Å². The summed E-state index contributed by atoms with van der Waals surface area (Å²) in [4.78, 5) is 0. The Hall–Kier alpha value is 0.127. The van der Waals surface area contributed by atoms with Crippen molar-refractivity contribution in [2.75, 3.05) is 6.26 Å². The van der Waals surface area contributed by atoms with Crippen LogP contribution in [-0.4, -0.2) is 23.0 Å². The van der Waals surface area contributed by atoms with Gasteiger partial charge in [0.2, 0.25) is 8.32 Å². The van der Waals surface area contributed by atoms with E-state index in [1.165, 1.54) is 0 Å². The minimum absolute atomic E-state index is 0.317. The average molecular weight is 196 g/mol. The maximum Gasteiger partial charge on any atom is 0.254 e. The predicted molar refractivity (Wildman–Crippen MR) is 48.5 cm³/mol. The molecule has 0 aromatic heterocycles. The Bertz CT molecular complexity index is 218. The Kier molecular flexibility index (Phi) is 3.28. The highest BCUT2D eigenvalue weighted by Gasteiger charge is 2.31. The molecule has 0 saturated heterocycles. The van der Waals surface area contributed by atoms with Crippen LogP contribution in [0.2, 0.25) is 18.6 Å². The van der Waals surface area contributed by atoms with Crippen molar-refractivity contribution in [1.29, 1.82) is 0 Å². The summed E-state index contributed by atoms with van der Waals surface area (Å²) in [6.07, 6.45) is 1.10. The van der Waals surface area contributed by atoms with E-state index in [9.17, 15) is 8.42 Å². The minimum atomic E-state index is -3.27. The smallest absolute Gasteiger partial charge is 0.254 e. The zero-order valence-electron chi connectivity index (χ0n) is 7.71. The summed E-state index contributed by atoms with van der Waals surface area (Å²) in [5.41, 5.74) is 0.317. The van der Waals surface area contributed by atoms with E-state index in [0.717, 1.165) is 6.26 Å². The lowest BCUT2D eigenvalue weighted by Gasteiger charge is -2.24. The molecule has 5 heteroatoms. The number of rotatable bonds is 3. The fraction of sp³-hybridized carbons (Fsp3) is 1.00. The summed E-state index contributed by atoms with van der Waals surface area (Å²) in [6, 6.07) is 0. The molecule has 0 saturated carbocycles. The molecule has 0 aliphatic heterocycles. The first-order chi connectivity index (χ1) is 4.65. The van der Waals surface area contributed by atoms with E-state index < -0.39 is 18.4 Å². The molecule has 0 unspecified atom stereocenters. The van der Waals surface area contributed by atoms with E-state index in [1.807, 2.05) is 26.9 Å². The van der Waals surface area contributed by atoms with Crippen LogP contribution < -0.4 is 0 Å². The molecule has 0 fully saturated rings. The molecule has 11 heavy (non-hydrogen) atoms. The van der Waals surface area contributed by atoms with E-state index in [2.05, 4.69) is 0 Å². The van der Waals surface area contributed by atoms with Gasteiger partial charge in [-0.25, -0.2) is 8.42 Å². The van der Waals surface area contributed by atoms with Crippen molar-refractivity contribution in [3.63, 3.8) is 0 Å². The van der Waals surface area contributed by atoms with E-state index in [0.29, 0.717) is 5.54 Å². The zero-order chi connectivity index (χ0) is 9.28. The van der Waals surface area contributed by atoms with Crippen LogP contribution in [0.1, 0.15) is 13.8 Å². The van der Waals surface area contributed by atoms with Gasteiger partial charge in [0.25, 0.3) is 10.1 Å². The maximum atomic E-state index is 10.8. The maximum absolute atomic E-state index is 10.8. The van der Waals surface area contributed by atoms with Crippen LogP contribution in [0.5, 0.6) is 0 Å². The van der Waals surface area contributed by atoms with Gasteiger partial charge in [0.05, 0.1) is 6.26 Å². The van der Waals surface area contributed by atoms with Gasteiger partial charge in [-0.3, -0.25) is 0 Å². The molecule has 0 rings (SSSR count). The van der Waals surface area contributed by atoms with E-state index in [1.54, 1.807) is 0 Å².